The van der Waals surface area contributed by atoms with Crippen molar-refractivity contribution in [1.82, 2.24) is 4.31 Å². The monoisotopic (exact) mass is 299 g/mol. The third-order valence-corrected chi connectivity index (χ3v) is 5.41. The second-order valence-corrected chi connectivity index (χ2v) is 6.85. The third kappa shape index (κ3) is 2.74. The van der Waals surface area contributed by atoms with Gasteiger partial charge < -0.3 is 10.0 Å². The van der Waals surface area contributed by atoms with Crippen LogP contribution >= 0.6 is 0 Å². The maximum atomic E-state index is 12.6. The van der Waals surface area contributed by atoms with E-state index in [1.165, 1.54) is 8.61 Å². The summed E-state index contributed by atoms with van der Waals surface area (Å²) >= 11 is 0. The Morgan fingerprint density at radius 2 is 1.90 bits per heavy atom. The molecule has 112 valence electrons. The zero-order valence-electron chi connectivity index (χ0n) is 11.9. The number of hydrogen-bond acceptors (Lipinski definition) is 4. The molecular formula is C13H21N3O3S. The van der Waals surface area contributed by atoms with Crippen molar-refractivity contribution in [2.45, 2.75) is 6.42 Å². The Labute approximate surface area is 120 Å². The number of anilines is 2. The summed E-state index contributed by atoms with van der Waals surface area (Å²) in [5.41, 5.74) is 1.62. The maximum Gasteiger partial charge on any atom is 0.303 e. The molecule has 0 aliphatic carbocycles. The molecule has 0 unspecified atom stereocenters. The topological polar surface area (TPSA) is 64.1 Å². The van der Waals surface area contributed by atoms with Gasteiger partial charge in [0.25, 0.3) is 0 Å². The molecule has 0 aromatic heterocycles. The van der Waals surface area contributed by atoms with Crippen LogP contribution in [0.5, 0.6) is 0 Å². The van der Waals surface area contributed by atoms with Crippen LogP contribution in [0.4, 0.5) is 11.4 Å². The first-order valence-electron chi connectivity index (χ1n) is 6.63. The van der Waals surface area contributed by atoms with Gasteiger partial charge in [0.2, 0.25) is 0 Å². The van der Waals surface area contributed by atoms with Crippen LogP contribution in [0.1, 0.15) is 6.42 Å². The Bertz CT molecular complexity index is 562. The molecule has 2 rings (SSSR count). The normalized spacial score (nSPS) is 15.6. The quantitative estimate of drug-likeness (QED) is 0.860. The van der Waals surface area contributed by atoms with Crippen LogP contribution in [0.3, 0.4) is 0 Å². The number of para-hydroxylation sites is 2. The summed E-state index contributed by atoms with van der Waals surface area (Å²) in [6, 6.07) is 7.49. The van der Waals surface area contributed by atoms with Crippen molar-refractivity contribution in [2.24, 2.45) is 0 Å². The van der Waals surface area contributed by atoms with Gasteiger partial charge >= 0.3 is 10.2 Å². The molecule has 0 saturated heterocycles. The average molecular weight is 299 g/mol. The predicted octanol–water partition coefficient (Wildman–Crippen LogP) is 0.502. The summed E-state index contributed by atoms with van der Waals surface area (Å²) < 4.78 is 28.0. The molecule has 1 aromatic carbocycles. The molecular weight excluding hydrogens is 278 g/mol. The van der Waals surface area contributed by atoms with E-state index < -0.39 is 10.2 Å². The van der Waals surface area contributed by atoms with Crippen LogP contribution in [0.15, 0.2) is 24.3 Å². The largest absolute Gasteiger partial charge is 0.396 e. The Morgan fingerprint density at radius 1 is 1.25 bits per heavy atom. The first-order valence-corrected chi connectivity index (χ1v) is 8.03. The molecule has 7 heteroatoms. The van der Waals surface area contributed by atoms with Crippen molar-refractivity contribution < 1.29 is 13.5 Å². The Hall–Kier alpha value is -1.31. The van der Waals surface area contributed by atoms with Gasteiger partial charge in [-0.25, -0.2) is 0 Å². The van der Waals surface area contributed by atoms with Gasteiger partial charge in [-0.2, -0.15) is 12.7 Å². The van der Waals surface area contributed by atoms with Gasteiger partial charge in [0.05, 0.1) is 17.9 Å². The van der Waals surface area contributed by atoms with Crippen LogP contribution < -0.4 is 9.21 Å². The highest BCUT2D eigenvalue weighted by Gasteiger charge is 2.31. The molecule has 0 atom stereocenters. The second kappa shape index (κ2) is 5.99. The second-order valence-electron chi connectivity index (χ2n) is 4.89. The molecule has 20 heavy (non-hydrogen) atoms. The predicted molar refractivity (Wildman–Crippen MR) is 80.3 cm³/mol. The summed E-state index contributed by atoms with van der Waals surface area (Å²) in [5.74, 6) is 0. The van der Waals surface area contributed by atoms with Crippen LogP contribution in [-0.4, -0.2) is 58.2 Å². The molecule has 0 bridgehead atoms. The highest BCUT2D eigenvalue weighted by atomic mass is 32.2. The van der Waals surface area contributed by atoms with Crippen molar-refractivity contribution in [2.75, 3.05) is 49.5 Å². The first kappa shape index (κ1) is 15.1. The Morgan fingerprint density at radius 3 is 2.55 bits per heavy atom. The van der Waals surface area contributed by atoms with Crippen LogP contribution in [-0.2, 0) is 10.2 Å². The van der Waals surface area contributed by atoms with Gasteiger partial charge in [-0.1, -0.05) is 12.1 Å². The zero-order valence-corrected chi connectivity index (χ0v) is 12.7. The van der Waals surface area contributed by atoms with E-state index in [2.05, 4.69) is 4.90 Å². The van der Waals surface area contributed by atoms with Crippen molar-refractivity contribution in [3.8, 4) is 0 Å². The van der Waals surface area contributed by atoms with Gasteiger partial charge in [0.1, 0.15) is 0 Å². The summed E-state index contributed by atoms with van der Waals surface area (Å²) in [6.45, 7) is 1.38. The highest BCUT2D eigenvalue weighted by molar-refractivity contribution is 7.90. The molecule has 0 radical (unpaired) electrons. The molecule has 1 aromatic rings. The van der Waals surface area contributed by atoms with Gasteiger partial charge in [-0.3, -0.25) is 4.31 Å². The first-order chi connectivity index (χ1) is 9.48. The van der Waals surface area contributed by atoms with Crippen molar-refractivity contribution in [3.63, 3.8) is 0 Å². The smallest absolute Gasteiger partial charge is 0.303 e. The van der Waals surface area contributed by atoms with Crippen molar-refractivity contribution >= 4 is 21.6 Å². The lowest BCUT2D eigenvalue weighted by Gasteiger charge is -2.37. The molecule has 1 aliphatic heterocycles. The lowest BCUT2D eigenvalue weighted by Crippen LogP contribution is -2.48. The minimum atomic E-state index is -3.54. The average Bonchev–Trinajstić information content (AvgIpc) is 2.45. The molecule has 1 aliphatic rings. The van der Waals surface area contributed by atoms with E-state index in [0.717, 1.165) is 5.69 Å². The van der Waals surface area contributed by atoms with E-state index in [0.29, 0.717) is 31.7 Å². The molecule has 0 spiro atoms. The van der Waals surface area contributed by atoms with Crippen LogP contribution in [0, 0.1) is 0 Å². The van der Waals surface area contributed by atoms with E-state index in [1.807, 2.05) is 31.3 Å². The van der Waals surface area contributed by atoms with Gasteiger partial charge in [-0.05, 0) is 18.6 Å². The van der Waals surface area contributed by atoms with E-state index in [4.69, 9.17) is 5.11 Å². The molecule has 0 fully saturated rings. The minimum absolute atomic E-state index is 0.0147. The summed E-state index contributed by atoms with van der Waals surface area (Å²) in [4.78, 5) is 2.05. The van der Waals surface area contributed by atoms with Gasteiger partial charge in [0, 0.05) is 33.8 Å². The molecule has 1 N–H and O–H groups in total. The number of hydrogen-bond donors (Lipinski definition) is 1. The van der Waals surface area contributed by atoms with Crippen molar-refractivity contribution in [3.05, 3.63) is 24.3 Å². The number of nitrogens with zero attached hydrogens (tertiary/aromatic N) is 3. The summed E-state index contributed by atoms with van der Waals surface area (Å²) in [7, 11) is -0.0381. The van der Waals surface area contributed by atoms with Crippen LogP contribution in [0.25, 0.3) is 0 Å². The highest BCUT2D eigenvalue weighted by Crippen LogP contribution is 2.34. The fourth-order valence-electron chi connectivity index (χ4n) is 2.30. The van der Waals surface area contributed by atoms with E-state index in [9.17, 15) is 8.42 Å². The standard InChI is InChI=1S/C13H21N3O3S/c1-14-9-10-16(13-7-4-3-6-12(13)14)20(18,19)15(2)8-5-11-17/h3-4,6-7,17H,5,8-11H2,1-2H3. The number of aliphatic hydroxyl groups excluding tert-OH is 1. The third-order valence-electron chi connectivity index (χ3n) is 3.50. The number of benzene rings is 1. The fraction of sp³-hybridized carbons (Fsp3) is 0.538. The fourth-order valence-corrected chi connectivity index (χ4v) is 3.71. The lowest BCUT2D eigenvalue weighted by molar-refractivity contribution is 0.275. The minimum Gasteiger partial charge on any atom is -0.396 e. The van der Waals surface area contributed by atoms with Crippen molar-refractivity contribution in [1.29, 1.82) is 0 Å². The summed E-state index contributed by atoms with van der Waals surface area (Å²) in [6.07, 6.45) is 0.436. The number of rotatable bonds is 5. The number of likely N-dealkylation sites (N-methyl/N-ethyl adjacent to an activating group) is 1. The molecule has 6 nitrogen and oxygen atoms in total. The molecule has 1 heterocycles. The van der Waals surface area contributed by atoms with Gasteiger partial charge in [-0.15, -0.1) is 0 Å². The number of fused-ring (bicyclic) bond motifs is 1. The lowest BCUT2D eigenvalue weighted by atomic mass is 10.2. The Balaban J connectivity index is 2.32. The Kier molecular flexibility index (Phi) is 4.52. The number of aliphatic hydroxyl groups is 1. The van der Waals surface area contributed by atoms with E-state index in [1.54, 1.807) is 7.05 Å². The van der Waals surface area contributed by atoms with E-state index >= 15 is 0 Å². The van der Waals surface area contributed by atoms with Crippen LogP contribution in [0.2, 0.25) is 0 Å². The molecule has 0 amide bonds. The maximum absolute atomic E-state index is 12.6. The summed E-state index contributed by atoms with van der Waals surface area (Å²) in [5, 5.41) is 8.84. The SMILES string of the molecule is CN1CCN(S(=O)(=O)N(C)CCCO)c2ccccc21. The van der Waals surface area contributed by atoms with Gasteiger partial charge in [0.15, 0.2) is 0 Å². The van der Waals surface area contributed by atoms with E-state index in [-0.39, 0.29) is 6.61 Å². The molecule has 0 saturated carbocycles. The zero-order chi connectivity index (χ0) is 14.8.